The summed E-state index contributed by atoms with van der Waals surface area (Å²) >= 11 is 0. The lowest BCUT2D eigenvalue weighted by Gasteiger charge is -2.50. The van der Waals surface area contributed by atoms with E-state index in [2.05, 4.69) is 0 Å². The number of ether oxygens (including phenoxy) is 3. The third-order valence-electron chi connectivity index (χ3n) is 12.3. The zero-order valence-electron chi connectivity index (χ0n) is 30.9. The van der Waals surface area contributed by atoms with Crippen molar-refractivity contribution in [1.29, 1.82) is 0 Å². The van der Waals surface area contributed by atoms with Crippen molar-refractivity contribution in [3.63, 3.8) is 0 Å². The molecular weight excluding hydrogens is 656 g/mol. The van der Waals surface area contributed by atoms with Crippen molar-refractivity contribution in [3.05, 3.63) is 73.1 Å². The maximum atomic E-state index is 14.8. The predicted octanol–water partition coefficient (Wildman–Crippen LogP) is 3.89. The number of aliphatic hydroxyl groups is 2. The number of rotatable bonds is 5. The summed E-state index contributed by atoms with van der Waals surface area (Å²) in [7, 11) is 7.47. The number of phenols is 1. The monoisotopic (exact) mass is 704 g/mol. The van der Waals surface area contributed by atoms with Crippen molar-refractivity contribution >= 4 is 22.5 Å². The summed E-state index contributed by atoms with van der Waals surface area (Å²) in [4.78, 5) is 46.7. The average molecular weight is 705 g/mol. The molecule has 274 valence electrons. The molecule has 7 rings (SSSR count). The Labute approximate surface area is 296 Å². The molecule has 10 atom stereocenters. The van der Waals surface area contributed by atoms with Crippen LogP contribution in [0.3, 0.4) is 0 Å². The molecular formula is C39H48N2O10. The predicted molar refractivity (Wildman–Crippen MR) is 187 cm³/mol. The number of aliphatic hydroxyl groups excluding tert-OH is 2. The van der Waals surface area contributed by atoms with E-state index in [0.717, 1.165) is 0 Å². The summed E-state index contributed by atoms with van der Waals surface area (Å²) in [5.41, 5.74) is -1.06. The van der Waals surface area contributed by atoms with Crippen LogP contribution in [-0.2, 0) is 19.8 Å². The fourth-order valence-electron chi connectivity index (χ4n) is 8.54. The number of likely N-dealkylation sites (N-methyl/N-ethyl adjacent to an activating group) is 2. The van der Waals surface area contributed by atoms with Crippen LogP contribution in [0.25, 0.3) is 11.0 Å². The third-order valence-corrected chi connectivity index (χ3v) is 12.3. The van der Waals surface area contributed by atoms with Gasteiger partial charge in [0.25, 0.3) is 0 Å². The molecule has 12 heteroatoms. The standard InChI is InChI=1S/C39H48N2O10/c1-16-11-21-31(36-28(16)24(42)14-27(50-36)39(6)19(4)51-39)35(46)30-22(33(21)44)12-20(25-13-23(40(7)8)32(43)17(2)48-25)29(34(30)45)26-15-38(5,41(9)10)37(47)18(3)49-26/h11-12,14,17-19,23,25-26,32,37,43,45,47H,13,15H2,1-10H3. The maximum Gasteiger partial charge on any atom is 0.202 e. The second-order valence-electron chi connectivity index (χ2n) is 15.8. The molecule has 1 aliphatic carbocycles. The molecule has 1 aromatic heterocycles. The Balaban J connectivity index is 1.47. The van der Waals surface area contributed by atoms with Gasteiger partial charge in [-0.2, -0.15) is 0 Å². The van der Waals surface area contributed by atoms with Crippen LogP contribution in [-0.4, -0.2) is 107 Å². The third kappa shape index (κ3) is 5.25. The number of ketones is 2. The van der Waals surface area contributed by atoms with Gasteiger partial charge in [0.05, 0.1) is 59.2 Å². The number of benzene rings is 2. The molecule has 0 radical (unpaired) electrons. The molecule has 4 heterocycles. The van der Waals surface area contributed by atoms with E-state index in [1.54, 1.807) is 33.8 Å². The minimum Gasteiger partial charge on any atom is -0.507 e. The molecule has 0 bridgehead atoms. The lowest BCUT2D eigenvalue weighted by atomic mass is 9.74. The maximum absolute atomic E-state index is 14.8. The van der Waals surface area contributed by atoms with Crippen molar-refractivity contribution in [2.45, 2.75) is 114 Å². The minimum absolute atomic E-state index is 0.00449. The highest BCUT2D eigenvalue weighted by Gasteiger charge is 2.54. The van der Waals surface area contributed by atoms with Crippen molar-refractivity contribution in [3.8, 4) is 5.75 Å². The second kappa shape index (κ2) is 12.0. The summed E-state index contributed by atoms with van der Waals surface area (Å²) < 4.78 is 24.9. The van der Waals surface area contributed by atoms with E-state index < -0.39 is 65.1 Å². The quantitative estimate of drug-likeness (QED) is 0.258. The lowest BCUT2D eigenvalue weighted by molar-refractivity contribution is -0.177. The van der Waals surface area contributed by atoms with Gasteiger partial charge in [0.1, 0.15) is 22.7 Å². The smallest absolute Gasteiger partial charge is 0.202 e. The molecule has 2 aromatic carbocycles. The van der Waals surface area contributed by atoms with Crippen molar-refractivity contribution in [1.82, 2.24) is 9.80 Å². The Morgan fingerprint density at radius 3 is 2.10 bits per heavy atom. The first kappa shape index (κ1) is 35.9. The summed E-state index contributed by atoms with van der Waals surface area (Å²) in [5.74, 6) is -1.35. The molecule has 3 aromatic rings. The molecule has 0 spiro atoms. The number of epoxide rings is 1. The van der Waals surface area contributed by atoms with Crippen LogP contribution >= 0.6 is 0 Å². The van der Waals surface area contributed by atoms with E-state index in [-0.39, 0.29) is 68.5 Å². The Morgan fingerprint density at radius 2 is 1.49 bits per heavy atom. The number of nitrogens with zero attached hydrogens (tertiary/aromatic N) is 2. The summed E-state index contributed by atoms with van der Waals surface area (Å²) in [6, 6.07) is 4.22. The van der Waals surface area contributed by atoms with E-state index in [0.29, 0.717) is 17.5 Å². The second-order valence-corrected chi connectivity index (χ2v) is 15.8. The number of carbonyl (C=O) groups is 2. The highest BCUT2D eigenvalue weighted by atomic mass is 16.6. The topological polar surface area (TPSA) is 163 Å². The van der Waals surface area contributed by atoms with Crippen LogP contribution in [0.1, 0.15) is 114 Å². The van der Waals surface area contributed by atoms with Gasteiger partial charge in [-0.3, -0.25) is 14.4 Å². The molecule has 10 unspecified atom stereocenters. The molecule has 0 saturated carbocycles. The van der Waals surface area contributed by atoms with Crippen molar-refractivity contribution in [2.24, 2.45) is 0 Å². The van der Waals surface area contributed by atoms with Gasteiger partial charge in [-0.1, -0.05) is 0 Å². The van der Waals surface area contributed by atoms with Crippen LogP contribution in [0, 0.1) is 6.92 Å². The fourth-order valence-corrected chi connectivity index (χ4v) is 8.54. The number of phenolic OH excluding ortho intramolecular Hbond substituents is 1. The molecule has 12 nitrogen and oxygen atoms in total. The first-order chi connectivity index (χ1) is 23.8. The van der Waals surface area contributed by atoms with Gasteiger partial charge < -0.3 is 43.7 Å². The zero-order valence-corrected chi connectivity index (χ0v) is 30.9. The highest BCUT2D eigenvalue weighted by Crippen LogP contribution is 2.51. The first-order valence-corrected chi connectivity index (χ1v) is 17.6. The number of fused-ring (bicyclic) bond motifs is 4. The number of aryl methyl sites for hydroxylation is 1. The molecule has 3 saturated heterocycles. The van der Waals surface area contributed by atoms with E-state index in [1.807, 2.05) is 51.8 Å². The Morgan fingerprint density at radius 1 is 0.863 bits per heavy atom. The van der Waals surface area contributed by atoms with Crippen molar-refractivity contribution in [2.75, 3.05) is 28.2 Å². The van der Waals surface area contributed by atoms with Crippen molar-refractivity contribution < 1.29 is 43.5 Å². The molecule has 3 aliphatic heterocycles. The van der Waals surface area contributed by atoms with Gasteiger partial charge in [0.2, 0.25) is 5.78 Å². The van der Waals surface area contributed by atoms with Crippen LogP contribution < -0.4 is 5.43 Å². The Bertz CT molecular complexity index is 2040. The molecule has 3 fully saturated rings. The van der Waals surface area contributed by atoms with Gasteiger partial charge in [0.15, 0.2) is 11.2 Å². The van der Waals surface area contributed by atoms with E-state index in [9.17, 15) is 29.7 Å². The first-order valence-electron chi connectivity index (χ1n) is 17.6. The van der Waals surface area contributed by atoms with E-state index in [4.69, 9.17) is 18.6 Å². The van der Waals surface area contributed by atoms with E-state index >= 15 is 0 Å². The molecule has 0 amide bonds. The Hall–Kier alpha value is -3.49. The van der Waals surface area contributed by atoms with Crippen LogP contribution in [0.5, 0.6) is 5.75 Å². The minimum atomic E-state index is -0.868. The van der Waals surface area contributed by atoms with E-state index in [1.165, 1.54) is 12.1 Å². The average Bonchev–Trinajstić information content (AvgIpc) is 3.68. The van der Waals surface area contributed by atoms with Crippen LogP contribution in [0.2, 0.25) is 0 Å². The van der Waals surface area contributed by atoms with Gasteiger partial charge in [0, 0.05) is 34.3 Å². The van der Waals surface area contributed by atoms with Gasteiger partial charge in [-0.05, 0) is 106 Å². The SMILES string of the molecule is Cc1cc2c(c3oc(C4(C)OC4C)cc(=O)c13)C(=O)c1c(cc(C3CC(N(C)C)C(O)C(C)O3)c(C3CC(C)(N(C)C)C(O)C(C)O3)c1O)C2=O. The largest absolute Gasteiger partial charge is 0.507 e. The Kier molecular flexibility index (Phi) is 8.46. The molecule has 51 heavy (non-hydrogen) atoms. The number of hydrogen-bond donors (Lipinski definition) is 3. The number of hydrogen-bond acceptors (Lipinski definition) is 12. The fraction of sp³-hybridized carbons (Fsp3) is 0.564. The van der Waals surface area contributed by atoms with Crippen LogP contribution in [0.4, 0.5) is 0 Å². The van der Waals surface area contributed by atoms with Gasteiger partial charge in [-0.25, -0.2) is 0 Å². The number of carbonyl (C=O) groups excluding carboxylic acids is 2. The molecule has 4 aliphatic rings. The summed E-state index contributed by atoms with van der Waals surface area (Å²) in [6.07, 6.45) is -4.07. The summed E-state index contributed by atoms with van der Waals surface area (Å²) in [6.45, 7) is 10.8. The number of aromatic hydroxyl groups is 1. The van der Waals surface area contributed by atoms with Crippen LogP contribution in [0.15, 0.2) is 27.4 Å². The zero-order chi connectivity index (χ0) is 37.2. The lowest BCUT2D eigenvalue weighted by Crippen LogP contribution is -2.60. The molecule has 3 N–H and O–H groups in total. The van der Waals surface area contributed by atoms with Gasteiger partial charge in [-0.15, -0.1) is 0 Å². The normalized spacial score (nSPS) is 35.0. The highest BCUT2D eigenvalue weighted by molar-refractivity contribution is 6.32. The summed E-state index contributed by atoms with van der Waals surface area (Å²) in [5, 5.41) is 34.9. The van der Waals surface area contributed by atoms with Gasteiger partial charge >= 0.3 is 0 Å².